The molecule has 0 N–H and O–H groups in total. The maximum Gasteiger partial charge on any atom is 0.333 e. The topological polar surface area (TPSA) is 54.0 Å². The molecule has 0 spiro atoms. The number of carbonyl (C=O) groups excluding carboxylic acids is 1. The molecule has 0 unspecified atom stereocenters. The van der Waals surface area contributed by atoms with Crippen LogP contribution in [0.15, 0.2) is 11.8 Å². The molecule has 2 aliphatic heterocycles. The molecule has 2 atom stereocenters. The Kier molecular flexibility index (Phi) is 2.44. The van der Waals surface area contributed by atoms with Gasteiger partial charge >= 0.3 is 5.97 Å². The molecule has 0 radical (unpaired) electrons. The van der Waals surface area contributed by atoms with Crippen LogP contribution in [-0.4, -0.2) is 37.7 Å². The van der Waals surface area contributed by atoms with Gasteiger partial charge in [0.1, 0.15) is 24.6 Å². The Morgan fingerprint density at radius 1 is 1.53 bits per heavy atom. The van der Waals surface area contributed by atoms with E-state index in [-0.39, 0.29) is 12.2 Å². The van der Waals surface area contributed by atoms with Gasteiger partial charge in [-0.05, 0) is 13.8 Å². The average molecular weight is 214 g/mol. The molecule has 84 valence electrons. The van der Waals surface area contributed by atoms with Crippen molar-refractivity contribution < 1.29 is 23.7 Å². The second-order valence-electron chi connectivity index (χ2n) is 3.98. The van der Waals surface area contributed by atoms with Gasteiger partial charge < -0.3 is 18.9 Å². The van der Waals surface area contributed by atoms with Crippen LogP contribution in [0.2, 0.25) is 0 Å². The molecular weight excluding hydrogens is 200 g/mol. The molecule has 15 heavy (non-hydrogen) atoms. The Morgan fingerprint density at radius 3 is 2.93 bits per heavy atom. The summed E-state index contributed by atoms with van der Waals surface area (Å²) in [6.45, 7) is 4.08. The molecule has 0 saturated carbocycles. The van der Waals surface area contributed by atoms with E-state index in [2.05, 4.69) is 4.74 Å². The summed E-state index contributed by atoms with van der Waals surface area (Å²) in [5.74, 6) is -0.578. The minimum Gasteiger partial charge on any atom is -0.492 e. The van der Waals surface area contributed by atoms with E-state index < -0.39 is 11.8 Å². The van der Waals surface area contributed by atoms with Crippen LogP contribution in [-0.2, 0) is 23.7 Å². The lowest BCUT2D eigenvalue weighted by Crippen LogP contribution is -2.23. The van der Waals surface area contributed by atoms with E-state index in [4.69, 9.17) is 14.2 Å². The normalized spacial score (nSPS) is 35.0. The minimum absolute atomic E-state index is 0.129. The predicted octanol–water partition coefficient (Wildman–Crippen LogP) is 0.594. The van der Waals surface area contributed by atoms with Crippen LogP contribution >= 0.6 is 0 Å². The van der Waals surface area contributed by atoms with Gasteiger partial charge in [0.2, 0.25) is 0 Å². The highest BCUT2D eigenvalue weighted by Crippen LogP contribution is 2.36. The van der Waals surface area contributed by atoms with E-state index >= 15 is 0 Å². The van der Waals surface area contributed by atoms with Crippen molar-refractivity contribution in [2.75, 3.05) is 13.7 Å². The minimum atomic E-state index is -0.617. The highest BCUT2D eigenvalue weighted by molar-refractivity contribution is 5.82. The Labute approximate surface area is 87.9 Å². The van der Waals surface area contributed by atoms with Crippen molar-refractivity contribution in [2.24, 2.45) is 0 Å². The fourth-order valence-corrected chi connectivity index (χ4v) is 1.76. The van der Waals surface area contributed by atoms with Crippen LogP contribution in [0.4, 0.5) is 0 Å². The van der Waals surface area contributed by atoms with Crippen LogP contribution in [0.1, 0.15) is 13.8 Å². The summed E-state index contributed by atoms with van der Waals surface area (Å²) in [7, 11) is 1.32. The SMILES string of the molecule is COC(=O)/C=C1\OC[C@H]2OC(C)(C)O[C@@H]12. The zero-order valence-electron chi connectivity index (χ0n) is 8.98. The first-order valence-electron chi connectivity index (χ1n) is 4.80. The second kappa shape index (κ2) is 3.50. The summed E-state index contributed by atoms with van der Waals surface area (Å²) < 4.78 is 21.0. The maximum absolute atomic E-state index is 11.0. The van der Waals surface area contributed by atoms with Crippen LogP contribution in [0.3, 0.4) is 0 Å². The number of rotatable bonds is 1. The Balaban J connectivity index is 2.12. The molecule has 0 aromatic rings. The third-order valence-electron chi connectivity index (χ3n) is 2.34. The number of methoxy groups -OCH3 is 1. The fourth-order valence-electron chi connectivity index (χ4n) is 1.76. The zero-order chi connectivity index (χ0) is 11.1. The largest absolute Gasteiger partial charge is 0.492 e. The predicted molar refractivity (Wildman–Crippen MR) is 49.9 cm³/mol. The monoisotopic (exact) mass is 214 g/mol. The lowest BCUT2D eigenvalue weighted by Gasteiger charge is -2.18. The Bertz CT molecular complexity index is 307. The van der Waals surface area contributed by atoms with E-state index in [1.807, 2.05) is 13.8 Å². The molecule has 0 aromatic heterocycles. The lowest BCUT2D eigenvalue weighted by atomic mass is 10.2. The van der Waals surface area contributed by atoms with Crippen molar-refractivity contribution in [3.05, 3.63) is 11.8 Å². The standard InChI is InChI=1S/C10H14O5/c1-10(2)14-7-5-13-6(9(7)15-10)4-8(11)12-3/h4,7,9H,5H2,1-3H3/b6-4-/t7-,9+/m1/s1. The molecule has 0 aromatic carbocycles. The summed E-state index contributed by atoms with van der Waals surface area (Å²) in [6, 6.07) is 0. The van der Waals surface area contributed by atoms with Gasteiger partial charge in [-0.15, -0.1) is 0 Å². The van der Waals surface area contributed by atoms with Crippen molar-refractivity contribution in [1.82, 2.24) is 0 Å². The Hall–Kier alpha value is -1.07. The third kappa shape index (κ3) is 1.98. The molecule has 2 fully saturated rings. The summed E-state index contributed by atoms with van der Waals surface area (Å²) >= 11 is 0. The molecule has 5 heteroatoms. The molecule has 2 aliphatic rings. The second-order valence-corrected chi connectivity index (χ2v) is 3.98. The zero-order valence-corrected chi connectivity index (χ0v) is 8.98. The number of fused-ring (bicyclic) bond motifs is 1. The highest BCUT2D eigenvalue weighted by atomic mass is 16.8. The number of esters is 1. The molecule has 2 heterocycles. The van der Waals surface area contributed by atoms with Crippen LogP contribution in [0.5, 0.6) is 0 Å². The van der Waals surface area contributed by atoms with E-state index in [0.717, 1.165) is 0 Å². The van der Waals surface area contributed by atoms with Crippen LogP contribution in [0, 0.1) is 0 Å². The van der Waals surface area contributed by atoms with Gasteiger partial charge in [-0.3, -0.25) is 0 Å². The van der Waals surface area contributed by atoms with Crippen molar-refractivity contribution in [2.45, 2.75) is 31.8 Å². The van der Waals surface area contributed by atoms with Crippen LogP contribution < -0.4 is 0 Å². The summed E-state index contributed by atoms with van der Waals surface area (Å²) in [6.07, 6.45) is 0.880. The highest BCUT2D eigenvalue weighted by Gasteiger charge is 2.48. The Morgan fingerprint density at radius 2 is 2.27 bits per heavy atom. The number of ether oxygens (including phenoxy) is 4. The third-order valence-corrected chi connectivity index (χ3v) is 2.34. The van der Waals surface area contributed by atoms with Gasteiger partial charge in [0, 0.05) is 0 Å². The average Bonchev–Trinajstić information content (AvgIpc) is 2.63. The van der Waals surface area contributed by atoms with Crippen molar-refractivity contribution in [1.29, 1.82) is 0 Å². The first kappa shape index (κ1) is 10.4. The molecule has 0 bridgehead atoms. The summed E-state index contributed by atoms with van der Waals surface area (Å²) in [4.78, 5) is 11.0. The number of hydrogen-bond acceptors (Lipinski definition) is 5. The number of carbonyl (C=O) groups is 1. The molecule has 2 rings (SSSR count). The van der Waals surface area contributed by atoms with Gasteiger partial charge in [-0.2, -0.15) is 0 Å². The maximum atomic E-state index is 11.0. The summed E-state index contributed by atoms with van der Waals surface area (Å²) in [5.41, 5.74) is 0. The van der Waals surface area contributed by atoms with Gasteiger partial charge in [0.15, 0.2) is 5.79 Å². The smallest absolute Gasteiger partial charge is 0.333 e. The quantitative estimate of drug-likeness (QED) is 0.472. The van der Waals surface area contributed by atoms with Gasteiger partial charge in [0.25, 0.3) is 0 Å². The molecule has 5 nitrogen and oxygen atoms in total. The molecule has 0 aliphatic carbocycles. The lowest BCUT2D eigenvalue weighted by molar-refractivity contribution is -0.157. The molecule has 0 amide bonds. The fraction of sp³-hybridized carbons (Fsp3) is 0.700. The van der Waals surface area contributed by atoms with Crippen molar-refractivity contribution >= 4 is 5.97 Å². The first-order valence-corrected chi connectivity index (χ1v) is 4.80. The van der Waals surface area contributed by atoms with Gasteiger partial charge in [0.05, 0.1) is 13.2 Å². The first-order chi connectivity index (χ1) is 7.02. The van der Waals surface area contributed by atoms with Crippen LogP contribution in [0.25, 0.3) is 0 Å². The van der Waals surface area contributed by atoms with Crippen molar-refractivity contribution in [3.63, 3.8) is 0 Å². The number of hydrogen-bond donors (Lipinski definition) is 0. The molecular formula is C10H14O5. The van der Waals surface area contributed by atoms with E-state index in [1.54, 1.807) is 0 Å². The van der Waals surface area contributed by atoms with Crippen molar-refractivity contribution in [3.8, 4) is 0 Å². The van der Waals surface area contributed by atoms with E-state index in [9.17, 15) is 4.79 Å². The summed E-state index contributed by atoms with van der Waals surface area (Å²) in [5, 5.41) is 0. The van der Waals surface area contributed by atoms with E-state index in [0.29, 0.717) is 12.4 Å². The van der Waals surface area contributed by atoms with Gasteiger partial charge in [-0.25, -0.2) is 4.79 Å². The molecule has 2 saturated heterocycles. The van der Waals surface area contributed by atoms with Gasteiger partial charge in [-0.1, -0.05) is 0 Å². The van der Waals surface area contributed by atoms with E-state index in [1.165, 1.54) is 13.2 Å².